The van der Waals surface area contributed by atoms with Crippen molar-refractivity contribution in [1.29, 1.82) is 0 Å². The van der Waals surface area contributed by atoms with Crippen molar-refractivity contribution < 1.29 is 13.9 Å². The van der Waals surface area contributed by atoms with Gasteiger partial charge >= 0.3 is 0 Å². The van der Waals surface area contributed by atoms with Gasteiger partial charge in [-0.05, 0) is 86.6 Å². The fourth-order valence-electron chi connectivity index (χ4n) is 6.79. The van der Waals surface area contributed by atoms with Crippen molar-refractivity contribution in [3.8, 4) is 0 Å². The number of pyridine rings is 1. The molecular formula is C28H32FN3O2. The van der Waals surface area contributed by atoms with Crippen molar-refractivity contribution in [2.24, 2.45) is 11.3 Å². The maximum atomic E-state index is 14.6. The van der Waals surface area contributed by atoms with E-state index < -0.39 is 5.41 Å². The molecule has 0 spiro atoms. The van der Waals surface area contributed by atoms with Gasteiger partial charge in [0.25, 0.3) is 0 Å². The Morgan fingerprint density at radius 1 is 1.03 bits per heavy atom. The number of aromatic nitrogens is 2. The number of benzene rings is 1. The molecule has 3 saturated heterocycles. The molecule has 6 heteroatoms. The van der Waals surface area contributed by atoms with Crippen molar-refractivity contribution in [3.05, 3.63) is 71.8 Å². The summed E-state index contributed by atoms with van der Waals surface area (Å²) >= 11 is 0. The maximum Gasteiger partial charge on any atom is 0.229 e. The van der Waals surface area contributed by atoms with Crippen LogP contribution in [0.4, 0.5) is 4.39 Å². The van der Waals surface area contributed by atoms with E-state index in [0.29, 0.717) is 56.0 Å². The van der Waals surface area contributed by atoms with Crippen LogP contribution in [0.5, 0.6) is 0 Å². The van der Waals surface area contributed by atoms with Gasteiger partial charge in [0.05, 0.1) is 10.9 Å². The Labute approximate surface area is 199 Å². The van der Waals surface area contributed by atoms with Gasteiger partial charge in [0.15, 0.2) is 0 Å². The number of hydrogen-bond acceptors (Lipinski definition) is 3. The van der Waals surface area contributed by atoms with Gasteiger partial charge in [-0.1, -0.05) is 24.3 Å². The zero-order valence-corrected chi connectivity index (χ0v) is 19.5. The lowest BCUT2D eigenvalue weighted by molar-refractivity contribution is -0.153. The minimum absolute atomic E-state index is 0.211. The van der Waals surface area contributed by atoms with Gasteiger partial charge in [-0.3, -0.25) is 4.79 Å². The number of carbonyl (C=O) groups is 1. The van der Waals surface area contributed by atoms with E-state index in [1.807, 2.05) is 29.0 Å². The largest absolute Gasteiger partial charge is 0.381 e. The van der Waals surface area contributed by atoms with Gasteiger partial charge in [0.1, 0.15) is 5.82 Å². The summed E-state index contributed by atoms with van der Waals surface area (Å²) in [4.78, 5) is 16.4. The Hall–Kier alpha value is -2.73. The minimum atomic E-state index is -0.558. The SMILES string of the molecule is O=C(N1[C@H]2CC[C@H]1CC(Cc1cccn3nccc13)C2)C1(Cc2ccccc2F)CCOCC1. The molecule has 3 fully saturated rings. The van der Waals surface area contributed by atoms with Gasteiger partial charge in [-0.15, -0.1) is 0 Å². The van der Waals surface area contributed by atoms with Crippen LogP contribution in [0.25, 0.3) is 5.52 Å². The van der Waals surface area contributed by atoms with E-state index in [-0.39, 0.29) is 11.7 Å². The Balaban J connectivity index is 1.22. The normalized spacial score (nSPS) is 26.1. The molecule has 5 nitrogen and oxygen atoms in total. The minimum Gasteiger partial charge on any atom is -0.381 e. The molecule has 3 aliphatic rings. The molecule has 3 aliphatic heterocycles. The molecule has 3 aromatic rings. The number of amides is 1. The third-order valence-electron chi connectivity index (χ3n) is 8.49. The van der Waals surface area contributed by atoms with Crippen LogP contribution in [-0.4, -0.2) is 45.7 Å². The van der Waals surface area contributed by atoms with E-state index in [1.165, 1.54) is 17.1 Å². The second-order valence-corrected chi connectivity index (χ2v) is 10.5. The number of carbonyl (C=O) groups excluding carboxylic acids is 1. The van der Waals surface area contributed by atoms with Crippen molar-refractivity contribution in [1.82, 2.24) is 14.5 Å². The fourth-order valence-corrected chi connectivity index (χ4v) is 6.79. The lowest BCUT2D eigenvalue weighted by Crippen LogP contribution is -2.55. The summed E-state index contributed by atoms with van der Waals surface area (Å²) < 4.78 is 22.2. The third kappa shape index (κ3) is 3.82. The number of piperidine rings is 1. The van der Waals surface area contributed by atoms with Crippen LogP contribution in [-0.2, 0) is 22.4 Å². The maximum absolute atomic E-state index is 14.6. The average Bonchev–Trinajstić information content (AvgIpc) is 3.44. The molecule has 1 amide bonds. The first-order valence-corrected chi connectivity index (χ1v) is 12.7. The van der Waals surface area contributed by atoms with Crippen molar-refractivity contribution in [3.63, 3.8) is 0 Å². The van der Waals surface area contributed by atoms with E-state index in [0.717, 1.165) is 32.1 Å². The zero-order chi connectivity index (χ0) is 23.1. The van der Waals surface area contributed by atoms with Crippen LogP contribution in [0.1, 0.15) is 49.7 Å². The molecule has 2 atom stereocenters. The predicted octanol–water partition coefficient (Wildman–Crippen LogP) is 4.83. The van der Waals surface area contributed by atoms with E-state index in [2.05, 4.69) is 28.2 Å². The Kier molecular flexibility index (Phi) is 5.64. The smallest absolute Gasteiger partial charge is 0.229 e. The summed E-state index contributed by atoms with van der Waals surface area (Å²) in [5.41, 5.74) is 2.61. The molecule has 0 radical (unpaired) electrons. The van der Waals surface area contributed by atoms with Crippen LogP contribution in [0.3, 0.4) is 0 Å². The summed E-state index contributed by atoms with van der Waals surface area (Å²) in [7, 11) is 0. The van der Waals surface area contributed by atoms with Gasteiger partial charge in [-0.25, -0.2) is 8.91 Å². The first-order valence-electron chi connectivity index (χ1n) is 12.7. The topological polar surface area (TPSA) is 46.8 Å². The van der Waals surface area contributed by atoms with Gasteiger partial charge in [-0.2, -0.15) is 5.10 Å². The lowest BCUT2D eigenvalue weighted by atomic mass is 9.72. The second-order valence-electron chi connectivity index (χ2n) is 10.5. The van der Waals surface area contributed by atoms with Crippen LogP contribution >= 0.6 is 0 Å². The molecule has 0 unspecified atom stereocenters. The molecule has 6 rings (SSSR count). The summed E-state index contributed by atoms with van der Waals surface area (Å²) in [5, 5.41) is 4.38. The Morgan fingerprint density at radius 2 is 1.76 bits per heavy atom. The highest BCUT2D eigenvalue weighted by Crippen LogP contribution is 2.45. The van der Waals surface area contributed by atoms with E-state index in [9.17, 15) is 9.18 Å². The Morgan fingerprint density at radius 3 is 2.53 bits per heavy atom. The Bertz CT molecular complexity index is 1170. The average molecular weight is 462 g/mol. The number of halogens is 1. The molecule has 178 valence electrons. The number of rotatable bonds is 5. The highest BCUT2D eigenvalue weighted by atomic mass is 19.1. The van der Waals surface area contributed by atoms with Crippen LogP contribution in [0.2, 0.25) is 0 Å². The summed E-state index contributed by atoms with van der Waals surface area (Å²) in [6.07, 6.45) is 10.9. The predicted molar refractivity (Wildman–Crippen MR) is 128 cm³/mol. The number of nitrogens with zero attached hydrogens (tertiary/aromatic N) is 3. The molecule has 1 aromatic carbocycles. The van der Waals surface area contributed by atoms with Gasteiger partial charge in [0.2, 0.25) is 5.91 Å². The van der Waals surface area contributed by atoms with Crippen LogP contribution in [0.15, 0.2) is 54.9 Å². The molecule has 2 aromatic heterocycles. The number of hydrogen-bond donors (Lipinski definition) is 0. The first kappa shape index (κ1) is 21.8. The highest BCUT2D eigenvalue weighted by molar-refractivity contribution is 5.84. The summed E-state index contributed by atoms with van der Waals surface area (Å²) in [5.74, 6) is 0.597. The third-order valence-corrected chi connectivity index (χ3v) is 8.49. The van der Waals surface area contributed by atoms with E-state index >= 15 is 0 Å². The van der Waals surface area contributed by atoms with Crippen LogP contribution < -0.4 is 0 Å². The number of fused-ring (bicyclic) bond motifs is 3. The molecular weight excluding hydrogens is 429 g/mol. The van der Waals surface area contributed by atoms with Crippen LogP contribution in [0, 0.1) is 17.2 Å². The van der Waals surface area contributed by atoms with Gasteiger partial charge in [0, 0.05) is 37.7 Å². The standard InChI is InChI=1S/C28H32FN3O2/c29-25-6-2-1-4-22(25)19-28(10-14-34-15-11-28)27(33)32-23-7-8-24(32)18-20(17-23)16-21-5-3-13-31-26(21)9-12-30-31/h1-6,9,12-13,20,23-24H,7-8,10-11,14-19H2/t23-,24-/m0/s1. The van der Waals surface area contributed by atoms with Gasteiger partial charge < -0.3 is 9.64 Å². The summed E-state index contributed by atoms with van der Waals surface area (Å²) in [6.45, 7) is 1.14. The highest BCUT2D eigenvalue weighted by Gasteiger charge is 2.50. The van der Waals surface area contributed by atoms with E-state index in [1.54, 1.807) is 6.07 Å². The van der Waals surface area contributed by atoms with Crippen molar-refractivity contribution in [2.45, 2.75) is 63.5 Å². The summed E-state index contributed by atoms with van der Waals surface area (Å²) in [6, 6.07) is 13.9. The number of ether oxygens (including phenoxy) is 1. The molecule has 0 N–H and O–H groups in total. The lowest BCUT2D eigenvalue weighted by Gasteiger charge is -2.46. The quantitative estimate of drug-likeness (QED) is 0.547. The first-order chi connectivity index (χ1) is 16.6. The molecule has 34 heavy (non-hydrogen) atoms. The molecule has 5 heterocycles. The van der Waals surface area contributed by atoms with Crippen molar-refractivity contribution in [2.75, 3.05) is 13.2 Å². The molecule has 0 aliphatic carbocycles. The fraction of sp³-hybridized carbons (Fsp3) is 0.500. The van der Waals surface area contributed by atoms with E-state index in [4.69, 9.17) is 4.74 Å². The second kappa shape index (κ2) is 8.81. The molecule has 0 saturated carbocycles. The van der Waals surface area contributed by atoms with Crippen molar-refractivity contribution >= 4 is 11.4 Å². The zero-order valence-electron chi connectivity index (χ0n) is 19.5. The molecule has 2 bridgehead atoms. The monoisotopic (exact) mass is 461 g/mol.